The molecule has 1 fully saturated rings. The molecule has 2 aromatic heterocycles. The highest BCUT2D eigenvalue weighted by molar-refractivity contribution is 5.72. The molecule has 0 saturated heterocycles. The summed E-state index contributed by atoms with van der Waals surface area (Å²) in [5.74, 6) is -0.321. The second-order valence-electron chi connectivity index (χ2n) is 10.4. The van der Waals surface area contributed by atoms with Crippen LogP contribution in [0.4, 0.5) is 0 Å². The van der Waals surface area contributed by atoms with Crippen molar-refractivity contribution in [3.8, 4) is 22.9 Å². The molecular formula is C32H34N4O5. The Kier molecular flexibility index (Phi) is 8.50. The predicted octanol–water partition coefficient (Wildman–Crippen LogP) is 5.17. The first-order valence-corrected chi connectivity index (χ1v) is 14.0. The Morgan fingerprint density at radius 3 is 2.63 bits per heavy atom. The van der Waals surface area contributed by atoms with Crippen molar-refractivity contribution in [2.75, 3.05) is 13.7 Å². The van der Waals surface area contributed by atoms with Crippen molar-refractivity contribution in [3.05, 3.63) is 87.5 Å². The molecule has 0 unspecified atom stereocenters. The number of ether oxygens (including phenoxy) is 2. The second-order valence-corrected chi connectivity index (χ2v) is 10.4. The van der Waals surface area contributed by atoms with E-state index in [0.717, 1.165) is 34.5 Å². The lowest BCUT2D eigenvalue weighted by atomic mass is 9.92. The Hall–Kier alpha value is -4.42. The number of hydrogen-bond acceptors (Lipinski definition) is 6. The van der Waals surface area contributed by atoms with Gasteiger partial charge in [0.15, 0.2) is 0 Å². The van der Waals surface area contributed by atoms with E-state index in [1.165, 1.54) is 0 Å². The number of carbonyl (C=O) groups is 1. The summed E-state index contributed by atoms with van der Waals surface area (Å²) in [4.78, 5) is 25.2. The van der Waals surface area contributed by atoms with E-state index in [-0.39, 0.29) is 24.3 Å². The fraction of sp³-hybridized carbons (Fsp3) is 0.375. The normalized spacial score (nSPS) is 16.9. The van der Waals surface area contributed by atoms with E-state index in [2.05, 4.69) is 18.1 Å². The Morgan fingerprint density at radius 2 is 1.93 bits per heavy atom. The number of fused-ring (bicyclic) bond motifs is 1. The number of rotatable bonds is 10. The monoisotopic (exact) mass is 554 g/mol. The van der Waals surface area contributed by atoms with Gasteiger partial charge in [-0.25, -0.2) is 9.31 Å². The molecule has 2 heterocycles. The Bertz CT molecular complexity index is 1660. The number of aryl methyl sites for hydroxylation is 1. The summed E-state index contributed by atoms with van der Waals surface area (Å²) in [5.41, 5.74) is 5.49. The van der Waals surface area contributed by atoms with E-state index in [9.17, 15) is 14.9 Å². The van der Waals surface area contributed by atoms with Gasteiger partial charge < -0.3 is 14.6 Å². The van der Waals surface area contributed by atoms with Crippen LogP contribution in [0.1, 0.15) is 67.5 Å². The van der Waals surface area contributed by atoms with Gasteiger partial charge >= 0.3 is 5.97 Å². The number of nitrogens with zero attached hydrogens (tertiary/aromatic N) is 4. The first-order valence-electron chi connectivity index (χ1n) is 14.0. The van der Waals surface area contributed by atoms with Crippen LogP contribution in [0.15, 0.2) is 59.5 Å². The molecule has 1 aliphatic carbocycles. The minimum absolute atomic E-state index is 0.0303. The standard InChI is InChI=1S/C32H34N4O5/c1-3-6-28-27(17-22-10-9-21(18-29(22)40-2)26-8-5-4-7-23(26)19-33)32(39)35(30-15-16-34-36(28)30)24-11-13-25(14-12-24)41-20-31(37)38/h4-5,7-10,15-16,18,24-25H,3,6,11-14,17,20H2,1-2H3,(H,37,38)/t24-,25-. The first kappa shape index (κ1) is 28.1. The van der Waals surface area contributed by atoms with Crippen molar-refractivity contribution in [1.29, 1.82) is 5.26 Å². The molecule has 9 nitrogen and oxygen atoms in total. The number of hydrogen-bond donors (Lipinski definition) is 1. The first-order chi connectivity index (χ1) is 19.9. The van der Waals surface area contributed by atoms with Crippen LogP contribution in [0.3, 0.4) is 0 Å². The van der Waals surface area contributed by atoms with Gasteiger partial charge in [-0.3, -0.25) is 9.36 Å². The van der Waals surface area contributed by atoms with Crippen LogP contribution in [-0.4, -0.2) is 45.1 Å². The number of nitriles is 1. The zero-order valence-corrected chi connectivity index (χ0v) is 23.4. The van der Waals surface area contributed by atoms with Crippen molar-refractivity contribution in [2.45, 2.75) is 64.0 Å². The summed E-state index contributed by atoms with van der Waals surface area (Å²) in [5, 5.41) is 23.2. The van der Waals surface area contributed by atoms with E-state index in [0.29, 0.717) is 55.4 Å². The molecule has 1 saturated carbocycles. The molecule has 9 heteroatoms. The van der Waals surface area contributed by atoms with E-state index < -0.39 is 5.97 Å². The lowest BCUT2D eigenvalue weighted by Gasteiger charge is -2.30. The van der Waals surface area contributed by atoms with Gasteiger partial charge in [0.1, 0.15) is 18.0 Å². The Labute approximate surface area is 238 Å². The van der Waals surface area contributed by atoms with Gasteiger partial charge in [-0.2, -0.15) is 10.4 Å². The summed E-state index contributed by atoms with van der Waals surface area (Å²) >= 11 is 0. The van der Waals surface area contributed by atoms with E-state index in [1.54, 1.807) is 19.4 Å². The minimum atomic E-state index is -0.974. The van der Waals surface area contributed by atoms with Crippen molar-refractivity contribution >= 4 is 11.6 Å². The molecule has 212 valence electrons. The number of benzene rings is 2. The van der Waals surface area contributed by atoms with Gasteiger partial charge in [0, 0.05) is 24.1 Å². The van der Waals surface area contributed by atoms with Gasteiger partial charge in [-0.05, 0) is 60.9 Å². The van der Waals surface area contributed by atoms with Crippen LogP contribution < -0.4 is 10.3 Å². The number of methoxy groups -OCH3 is 1. The van der Waals surface area contributed by atoms with Crippen LogP contribution in [0.2, 0.25) is 0 Å². The van der Waals surface area contributed by atoms with Crippen molar-refractivity contribution in [3.63, 3.8) is 0 Å². The zero-order valence-electron chi connectivity index (χ0n) is 23.4. The third-order valence-corrected chi connectivity index (χ3v) is 7.90. The third-order valence-electron chi connectivity index (χ3n) is 7.90. The van der Waals surface area contributed by atoms with Crippen LogP contribution >= 0.6 is 0 Å². The van der Waals surface area contributed by atoms with E-state index in [4.69, 9.17) is 14.6 Å². The Morgan fingerprint density at radius 1 is 1.15 bits per heavy atom. The number of carboxylic acids is 1. The molecule has 41 heavy (non-hydrogen) atoms. The van der Waals surface area contributed by atoms with E-state index >= 15 is 0 Å². The number of carboxylic acid groups (broad SMARTS) is 1. The molecule has 0 spiro atoms. The van der Waals surface area contributed by atoms with Crippen LogP contribution in [0, 0.1) is 11.3 Å². The molecule has 0 bridgehead atoms. The highest BCUT2D eigenvalue weighted by atomic mass is 16.5. The van der Waals surface area contributed by atoms with Gasteiger partial charge in [0.25, 0.3) is 5.56 Å². The Balaban J connectivity index is 1.53. The third kappa shape index (κ3) is 5.74. The molecule has 1 aliphatic rings. The molecule has 0 radical (unpaired) electrons. The SMILES string of the molecule is CCCc1c(Cc2ccc(-c3ccccc3C#N)cc2OC)c(=O)n([C@H]2CC[C@H](OCC(=O)O)CC2)c2ccnn12. The van der Waals surface area contributed by atoms with Crippen molar-refractivity contribution in [1.82, 2.24) is 14.2 Å². The molecule has 2 aromatic carbocycles. The van der Waals surface area contributed by atoms with Crippen molar-refractivity contribution in [2.24, 2.45) is 0 Å². The maximum Gasteiger partial charge on any atom is 0.329 e. The zero-order chi connectivity index (χ0) is 28.9. The molecule has 1 N–H and O–H groups in total. The smallest absolute Gasteiger partial charge is 0.329 e. The fourth-order valence-electron chi connectivity index (χ4n) is 5.95. The number of aliphatic carboxylic acids is 1. The lowest BCUT2D eigenvalue weighted by Crippen LogP contribution is -2.35. The lowest BCUT2D eigenvalue weighted by molar-refractivity contribution is -0.145. The average Bonchev–Trinajstić information content (AvgIpc) is 3.48. The van der Waals surface area contributed by atoms with Gasteiger partial charge in [0.2, 0.25) is 0 Å². The summed E-state index contributed by atoms with van der Waals surface area (Å²) < 4.78 is 15.1. The molecular weight excluding hydrogens is 520 g/mol. The van der Waals surface area contributed by atoms with Gasteiger partial charge in [-0.15, -0.1) is 0 Å². The highest BCUT2D eigenvalue weighted by Crippen LogP contribution is 2.33. The molecule has 4 aromatic rings. The largest absolute Gasteiger partial charge is 0.496 e. The maximum atomic E-state index is 14.3. The quantitative estimate of drug-likeness (QED) is 0.287. The van der Waals surface area contributed by atoms with Crippen LogP contribution in [0.25, 0.3) is 16.8 Å². The molecule has 5 rings (SSSR count). The molecule has 0 amide bonds. The minimum Gasteiger partial charge on any atom is -0.496 e. The summed E-state index contributed by atoms with van der Waals surface area (Å²) in [6.45, 7) is 1.78. The van der Waals surface area contributed by atoms with Crippen LogP contribution in [-0.2, 0) is 22.4 Å². The number of aromatic nitrogens is 3. The summed E-state index contributed by atoms with van der Waals surface area (Å²) in [6.07, 6.45) is 6.37. The van der Waals surface area contributed by atoms with Crippen LogP contribution in [0.5, 0.6) is 5.75 Å². The second kappa shape index (κ2) is 12.4. The summed E-state index contributed by atoms with van der Waals surface area (Å²) in [7, 11) is 1.62. The van der Waals surface area contributed by atoms with E-state index in [1.807, 2.05) is 51.5 Å². The highest BCUT2D eigenvalue weighted by Gasteiger charge is 2.28. The van der Waals surface area contributed by atoms with Gasteiger partial charge in [-0.1, -0.05) is 43.7 Å². The summed E-state index contributed by atoms with van der Waals surface area (Å²) in [6, 6.07) is 17.4. The average molecular weight is 555 g/mol. The fourth-order valence-corrected chi connectivity index (χ4v) is 5.95. The predicted molar refractivity (Wildman–Crippen MR) is 154 cm³/mol. The maximum absolute atomic E-state index is 14.3. The molecule has 0 atom stereocenters. The van der Waals surface area contributed by atoms with Crippen molar-refractivity contribution < 1.29 is 19.4 Å². The molecule has 0 aliphatic heterocycles. The topological polar surface area (TPSA) is 119 Å². The van der Waals surface area contributed by atoms with Gasteiger partial charge in [0.05, 0.1) is 36.7 Å².